The van der Waals surface area contributed by atoms with Crippen LogP contribution in [0.25, 0.3) is 0 Å². The predicted octanol–water partition coefficient (Wildman–Crippen LogP) is 3.33. The molecule has 0 aromatic rings. The maximum absolute atomic E-state index is 11.3. The molecule has 0 radical (unpaired) electrons. The van der Waals surface area contributed by atoms with Gasteiger partial charge >= 0.3 is 11.9 Å². The second kappa shape index (κ2) is 15.8. The molecule has 180 valence electrons. The highest BCUT2D eigenvalue weighted by atomic mass is 16.4. The molecule has 31 heavy (non-hydrogen) atoms. The van der Waals surface area contributed by atoms with Gasteiger partial charge in [-0.25, -0.2) is 0 Å². The minimum absolute atomic E-state index is 0.437. The molecule has 7 heteroatoms. The topological polar surface area (TPSA) is 115 Å². The molecule has 0 amide bonds. The van der Waals surface area contributed by atoms with Crippen LogP contribution in [0.15, 0.2) is 12.2 Å². The van der Waals surface area contributed by atoms with Crippen LogP contribution in [-0.4, -0.2) is 58.8 Å². The van der Waals surface area contributed by atoms with Crippen molar-refractivity contribution in [1.82, 2.24) is 0 Å². The number of carbonyl (C=O) groups is 3. The van der Waals surface area contributed by atoms with E-state index in [2.05, 4.69) is 6.08 Å². The van der Waals surface area contributed by atoms with Crippen molar-refractivity contribution < 1.29 is 34.2 Å². The lowest BCUT2D eigenvalue weighted by molar-refractivity contribution is -0.929. The second-order valence-electron chi connectivity index (χ2n) is 9.07. The number of nitrogens with zero attached hydrogens (tertiary/aromatic N) is 1. The molecule has 0 rings (SSSR count). The standard InChI is InChI=1S/C24H43NO6/c1-5-6-7-8-9-10-11-15-25(16-12-19(2)22(26)27,17-13-20(3)23(28)29)18-14-21(4)24(30)31/h5-6,19-21H,7-18H2,1-4H3,(H2-,26,27,28,29,30,31)/b6-5+. The van der Waals surface area contributed by atoms with Crippen molar-refractivity contribution in [2.24, 2.45) is 17.8 Å². The van der Waals surface area contributed by atoms with E-state index in [1.54, 1.807) is 20.8 Å². The van der Waals surface area contributed by atoms with Gasteiger partial charge in [-0.3, -0.25) is 9.59 Å². The van der Waals surface area contributed by atoms with E-state index in [1.165, 1.54) is 0 Å². The average Bonchev–Trinajstić information content (AvgIpc) is 2.72. The Labute approximate surface area is 187 Å². The Kier molecular flexibility index (Phi) is 14.9. The Morgan fingerprint density at radius 3 is 1.65 bits per heavy atom. The average molecular weight is 442 g/mol. The Hall–Kier alpha value is -1.89. The van der Waals surface area contributed by atoms with Gasteiger partial charge in [-0.2, -0.15) is 0 Å². The molecule has 0 aliphatic heterocycles. The van der Waals surface area contributed by atoms with E-state index in [-0.39, 0.29) is 0 Å². The molecule has 3 atom stereocenters. The zero-order valence-corrected chi connectivity index (χ0v) is 19.8. The summed E-state index contributed by atoms with van der Waals surface area (Å²) in [5, 5.41) is 29.8. The molecule has 0 aromatic heterocycles. The van der Waals surface area contributed by atoms with E-state index in [1.807, 2.05) is 13.0 Å². The Morgan fingerprint density at radius 2 is 1.23 bits per heavy atom. The first-order valence-corrected chi connectivity index (χ1v) is 11.7. The molecule has 0 heterocycles. The summed E-state index contributed by atoms with van der Waals surface area (Å²) in [6.45, 7) is 9.62. The fraction of sp³-hybridized carbons (Fsp3) is 0.792. The molecule has 2 N–H and O–H groups in total. The van der Waals surface area contributed by atoms with Gasteiger partial charge in [-0.1, -0.05) is 39.3 Å². The van der Waals surface area contributed by atoms with Crippen LogP contribution in [-0.2, 0) is 14.4 Å². The highest BCUT2D eigenvalue weighted by Crippen LogP contribution is 2.21. The van der Waals surface area contributed by atoms with E-state index in [0.29, 0.717) is 43.4 Å². The Bertz CT molecular complexity index is 515. The van der Waals surface area contributed by atoms with E-state index in [9.17, 15) is 29.7 Å². The third-order valence-corrected chi connectivity index (χ3v) is 6.34. The Morgan fingerprint density at radius 1 is 0.774 bits per heavy atom. The number of quaternary nitrogens is 1. The second-order valence-corrected chi connectivity index (χ2v) is 9.07. The van der Waals surface area contributed by atoms with E-state index in [4.69, 9.17) is 0 Å². The van der Waals surface area contributed by atoms with E-state index < -0.39 is 35.7 Å². The van der Waals surface area contributed by atoms with Crippen LogP contribution in [0, 0.1) is 17.8 Å². The van der Waals surface area contributed by atoms with Crippen LogP contribution in [0.5, 0.6) is 0 Å². The van der Waals surface area contributed by atoms with Gasteiger partial charge in [0.05, 0.1) is 38.0 Å². The summed E-state index contributed by atoms with van der Waals surface area (Å²) in [6.07, 6.45) is 10.9. The number of allylic oxidation sites excluding steroid dienone is 2. The summed E-state index contributed by atoms with van der Waals surface area (Å²) < 4.78 is 0.571. The van der Waals surface area contributed by atoms with Crippen molar-refractivity contribution in [3.63, 3.8) is 0 Å². The van der Waals surface area contributed by atoms with Gasteiger partial charge < -0.3 is 24.6 Å². The number of hydrogen-bond donors (Lipinski definition) is 2. The van der Waals surface area contributed by atoms with Crippen LogP contribution in [0.1, 0.15) is 79.1 Å². The van der Waals surface area contributed by atoms with Crippen molar-refractivity contribution in [3.8, 4) is 0 Å². The molecule has 0 saturated carbocycles. The fourth-order valence-electron chi connectivity index (χ4n) is 3.67. The van der Waals surface area contributed by atoms with Crippen LogP contribution in [0.2, 0.25) is 0 Å². The van der Waals surface area contributed by atoms with Gasteiger partial charge in [0.2, 0.25) is 0 Å². The summed E-state index contributed by atoms with van der Waals surface area (Å²) in [6, 6.07) is 0. The zero-order valence-electron chi connectivity index (χ0n) is 19.8. The molecule has 7 nitrogen and oxygen atoms in total. The van der Waals surface area contributed by atoms with Gasteiger partial charge in [0.1, 0.15) is 0 Å². The monoisotopic (exact) mass is 441 g/mol. The molecule has 0 spiro atoms. The molecule has 0 saturated heterocycles. The summed E-state index contributed by atoms with van der Waals surface area (Å²) in [7, 11) is 0. The third kappa shape index (κ3) is 13.2. The van der Waals surface area contributed by atoms with Gasteiger partial charge in [0.25, 0.3) is 0 Å². The third-order valence-electron chi connectivity index (χ3n) is 6.34. The highest BCUT2D eigenvalue weighted by Gasteiger charge is 2.30. The summed E-state index contributed by atoms with van der Waals surface area (Å²) in [4.78, 5) is 33.9. The quantitative estimate of drug-likeness (QED) is 0.180. The Balaban J connectivity index is 5.28. The lowest BCUT2D eigenvalue weighted by Crippen LogP contribution is -2.52. The van der Waals surface area contributed by atoms with Crippen LogP contribution in [0.4, 0.5) is 0 Å². The first-order chi connectivity index (χ1) is 14.5. The molecule has 0 bridgehead atoms. The van der Waals surface area contributed by atoms with Crippen molar-refractivity contribution in [2.45, 2.75) is 79.1 Å². The number of carbonyl (C=O) groups excluding carboxylic acids is 1. The summed E-state index contributed by atoms with van der Waals surface area (Å²) >= 11 is 0. The van der Waals surface area contributed by atoms with Gasteiger partial charge in [0.15, 0.2) is 0 Å². The van der Waals surface area contributed by atoms with E-state index in [0.717, 1.165) is 38.6 Å². The zero-order chi connectivity index (χ0) is 23.9. The first kappa shape index (κ1) is 29.1. The number of unbranched alkanes of at least 4 members (excludes halogenated alkanes) is 4. The molecular weight excluding hydrogens is 398 g/mol. The SMILES string of the molecule is C/C=C/CCCCCC[N+](CCC(C)C(=O)[O-])(CCC(C)C(=O)O)CCC(C)C(=O)O. The summed E-state index contributed by atoms with van der Waals surface area (Å²) in [5.74, 6) is -4.34. The maximum atomic E-state index is 11.3. The highest BCUT2D eigenvalue weighted by molar-refractivity contribution is 5.69. The molecule has 3 unspecified atom stereocenters. The lowest BCUT2D eigenvalue weighted by Gasteiger charge is -2.41. The van der Waals surface area contributed by atoms with Crippen LogP contribution in [0.3, 0.4) is 0 Å². The molecule has 0 aromatic carbocycles. The number of rotatable bonds is 19. The minimum Gasteiger partial charge on any atom is -0.550 e. The fourth-order valence-corrected chi connectivity index (χ4v) is 3.67. The maximum Gasteiger partial charge on any atom is 0.306 e. The van der Waals surface area contributed by atoms with Crippen molar-refractivity contribution in [3.05, 3.63) is 12.2 Å². The van der Waals surface area contributed by atoms with Gasteiger partial charge in [-0.05, 0) is 32.6 Å². The first-order valence-electron chi connectivity index (χ1n) is 11.7. The number of aliphatic carboxylic acids is 3. The van der Waals surface area contributed by atoms with Crippen molar-refractivity contribution >= 4 is 17.9 Å². The van der Waals surface area contributed by atoms with Gasteiger partial charge in [-0.15, -0.1) is 0 Å². The van der Waals surface area contributed by atoms with Crippen LogP contribution < -0.4 is 5.11 Å². The van der Waals surface area contributed by atoms with Crippen LogP contribution >= 0.6 is 0 Å². The number of carboxylic acids is 3. The summed E-state index contributed by atoms with van der Waals surface area (Å²) in [5.41, 5.74) is 0. The smallest absolute Gasteiger partial charge is 0.306 e. The molecular formula is C24H43NO6. The van der Waals surface area contributed by atoms with E-state index >= 15 is 0 Å². The molecule has 0 fully saturated rings. The normalized spacial score (nSPS) is 16.5. The van der Waals surface area contributed by atoms with Gasteiger partial charge in [0, 0.05) is 31.1 Å². The molecule has 0 aliphatic carbocycles. The van der Waals surface area contributed by atoms with Crippen molar-refractivity contribution in [1.29, 1.82) is 0 Å². The molecule has 0 aliphatic rings. The van der Waals surface area contributed by atoms with Crippen molar-refractivity contribution in [2.75, 3.05) is 26.2 Å². The number of hydrogen-bond acceptors (Lipinski definition) is 4. The largest absolute Gasteiger partial charge is 0.550 e. The minimum atomic E-state index is -1.08. The predicted molar refractivity (Wildman–Crippen MR) is 119 cm³/mol. The number of carboxylic acid groups (broad SMARTS) is 3. The lowest BCUT2D eigenvalue weighted by atomic mass is 10.0.